The van der Waals surface area contributed by atoms with Crippen LogP contribution in [0.3, 0.4) is 0 Å². The van der Waals surface area contributed by atoms with E-state index < -0.39 is 18.0 Å². The van der Waals surface area contributed by atoms with Gasteiger partial charge >= 0.3 is 6.03 Å². The van der Waals surface area contributed by atoms with E-state index in [1.165, 1.54) is 17.7 Å². The number of benzene rings is 3. The van der Waals surface area contributed by atoms with Crippen LogP contribution in [0.2, 0.25) is 0 Å². The number of carbonyl (C=O) groups excluding carboxylic acids is 2. The number of halogens is 1. The van der Waals surface area contributed by atoms with Crippen LogP contribution < -0.4 is 16.4 Å². The Kier molecular flexibility index (Phi) is 6.93. The Morgan fingerprint density at radius 2 is 1.60 bits per heavy atom. The first-order valence-electron chi connectivity index (χ1n) is 9.82. The second kappa shape index (κ2) is 9.80. The third-order valence-corrected chi connectivity index (χ3v) is 5.03. The van der Waals surface area contributed by atoms with Gasteiger partial charge in [0.1, 0.15) is 11.9 Å². The molecule has 0 aliphatic carbocycles. The fourth-order valence-electron chi connectivity index (χ4n) is 3.48. The van der Waals surface area contributed by atoms with Crippen molar-refractivity contribution in [3.63, 3.8) is 0 Å². The minimum atomic E-state index is -0.913. The highest BCUT2D eigenvalue weighted by atomic mass is 19.1. The Morgan fingerprint density at radius 1 is 0.933 bits per heavy atom. The predicted molar refractivity (Wildman–Crippen MR) is 113 cm³/mol. The predicted octanol–water partition coefficient (Wildman–Crippen LogP) is 2.98. The lowest BCUT2D eigenvalue weighted by Crippen LogP contribution is -2.88. The molecule has 3 rings (SSSR count). The lowest BCUT2D eigenvalue weighted by atomic mass is 9.95. The zero-order valence-corrected chi connectivity index (χ0v) is 16.7. The smallest absolute Gasteiger partial charge is 0.319 e. The van der Waals surface area contributed by atoms with Crippen molar-refractivity contribution < 1.29 is 19.3 Å². The van der Waals surface area contributed by atoms with Crippen molar-refractivity contribution in [2.75, 3.05) is 0 Å². The Balaban J connectivity index is 2.03. The number of aryl methyl sites for hydroxylation is 1. The summed E-state index contributed by atoms with van der Waals surface area (Å²) < 4.78 is 14.0. The molecule has 6 heteroatoms. The second-order valence-corrected chi connectivity index (χ2v) is 7.06. The number of rotatable bonds is 7. The van der Waals surface area contributed by atoms with Crippen LogP contribution in [0.15, 0.2) is 78.9 Å². The van der Waals surface area contributed by atoms with Gasteiger partial charge in [0, 0.05) is 16.7 Å². The number of primary amides is 1. The number of hydrogen-bond donors (Lipinski definition) is 3. The number of nitrogens with one attached hydrogen (secondary N) is 1. The van der Waals surface area contributed by atoms with E-state index in [2.05, 4.69) is 12.2 Å². The van der Waals surface area contributed by atoms with Crippen LogP contribution in [-0.4, -0.2) is 11.9 Å². The SMILES string of the molecule is CCc1ccc([C@H]([NH2+][C@@H](C(=O)NC(N)=O)c2ccccc2)c2cccc(F)c2)cc1. The zero-order chi connectivity index (χ0) is 21.5. The zero-order valence-electron chi connectivity index (χ0n) is 16.7. The molecule has 30 heavy (non-hydrogen) atoms. The molecule has 5 N–H and O–H groups in total. The molecular formula is C24H25FN3O2+. The van der Waals surface area contributed by atoms with Crippen LogP contribution in [0.4, 0.5) is 9.18 Å². The molecule has 154 valence electrons. The van der Waals surface area contributed by atoms with Crippen molar-refractivity contribution >= 4 is 11.9 Å². The molecule has 0 aliphatic heterocycles. The van der Waals surface area contributed by atoms with Crippen molar-refractivity contribution in [2.45, 2.75) is 25.4 Å². The quantitative estimate of drug-likeness (QED) is 0.563. The molecule has 0 aromatic heterocycles. The molecule has 0 saturated heterocycles. The van der Waals surface area contributed by atoms with Crippen LogP contribution in [-0.2, 0) is 11.2 Å². The van der Waals surface area contributed by atoms with Crippen LogP contribution in [0, 0.1) is 5.82 Å². The van der Waals surface area contributed by atoms with Crippen molar-refractivity contribution in [3.05, 3.63) is 107 Å². The minimum absolute atomic E-state index is 0.353. The summed E-state index contributed by atoms with van der Waals surface area (Å²) in [6.07, 6.45) is 0.905. The maximum Gasteiger partial charge on any atom is 0.319 e. The summed E-state index contributed by atoms with van der Waals surface area (Å²) in [6, 6.07) is 21.4. The summed E-state index contributed by atoms with van der Waals surface area (Å²) in [6.45, 7) is 2.07. The van der Waals surface area contributed by atoms with E-state index in [0.717, 1.165) is 12.0 Å². The van der Waals surface area contributed by atoms with E-state index in [1.54, 1.807) is 6.07 Å². The van der Waals surface area contributed by atoms with Crippen molar-refractivity contribution in [2.24, 2.45) is 5.73 Å². The first-order valence-corrected chi connectivity index (χ1v) is 9.82. The Bertz CT molecular complexity index is 1010. The van der Waals surface area contributed by atoms with Gasteiger partial charge in [-0.05, 0) is 24.1 Å². The molecular weight excluding hydrogens is 381 g/mol. The topological polar surface area (TPSA) is 88.8 Å². The van der Waals surface area contributed by atoms with E-state index in [-0.39, 0.29) is 11.9 Å². The lowest BCUT2D eigenvalue weighted by molar-refractivity contribution is -0.713. The molecule has 3 aromatic rings. The summed E-state index contributed by atoms with van der Waals surface area (Å²) in [5.74, 6) is -0.880. The number of carbonyl (C=O) groups is 2. The molecule has 0 saturated carbocycles. The van der Waals surface area contributed by atoms with Gasteiger partial charge in [-0.3, -0.25) is 10.1 Å². The summed E-state index contributed by atoms with van der Waals surface area (Å²) >= 11 is 0. The maximum absolute atomic E-state index is 14.0. The van der Waals surface area contributed by atoms with E-state index >= 15 is 0 Å². The van der Waals surface area contributed by atoms with Gasteiger partial charge in [0.05, 0.1) is 0 Å². The highest BCUT2D eigenvalue weighted by Crippen LogP contribution is 2.22. The molecule has 0 heterocycles. The summed E-state index contributed by atoms with van der Waals surface area (Å²) in [5, 5.41) is 4.00. The van der Waals surface area contributed by atoms with E-state index in [1.807, 2.05) is 66.0 Å². The number of imide groups is 1. The molecule has 0 aliphatic rings. The number of hydrogen-bond acceptors (Lipinski definition) is 2. The second-order valence-electron chi connectivity index (χ2n) is 7.06. The molecule has 3 amide bonds. The maximum atomic E-state index is 14.0. The largest absolute Gasteiger partial charge is 0.351 e. The Hall–Kier alpha value is -3.51. The van der Waals surface area contributed by atoms with Gasteiger partial charge in [0.15, 0.2) is 6.04 Å². The number of quaternary nitrogens is 1. The fourth-order valence-corrected chi connectivity index (χ4v) is 3.48. The monoisotopic (exact) mass is 406 g/mol. The number of urea groups is 1. The average molecular weight is 406 g/mol. The molecule has 0 radical (unpaired) electrons. The van der Waals surface area contributed by atoms with E-state index in [0.29, 0.717) is 11.1 Å². The third-order valence-electron chi connectivity index (χ3n) is 5.03. The highest BCUT2D eigenvalue weighted by molar-refractivity contribution is 5.96. The molecule has 2 atom stereocenters. The Morgan fingerprint density at radius 3 is 2.20 bits per heavy atom. The van der Waals surface area contributed by atoms with Gasteiger partial charge in [-0.2, -0.15) is 0 Å². The summed E-state index contributed by atoms with van der Waals surface area (Å²) in [7, 11) is 0. The van der Waals surface area contributed by atoms with Gasteiger partial charge < -0.3 is 11.1 Å². The van der Waals surface area contributed by atoms with E-state index in [4.69, 9.17) is 5.73 Å². The molecule has 3 aromatic carbocycles. The van der Waals surface area contributed by atoms with Crippen LogP contribution >= 0.6 is 0 Å². The first kappa shape index (κ1) is 21.2. The van der Waals surface area contributed by atoms with Gasteiger partial charge in [0.25, 0.3) is 5.91 Å². The standard InChI is InChI=1S/C24H24FN3O2/c1-2-16-11-13-18(14-12-16)21(19-9-6-10-20(25)15-19)27-22(23(29)28-24(26)30)17-7-4-3-5-8-17/h3-15,21-22,27H,2H2,1H3,(H3,26,28,29,30)/p+1/t21-,22+/m0/s1. The molecule has 5 nitrogen and oxygen atoms in total. The normalized spacial score (nSPS) is 12.7. The minimum Gasteiger partial charge on any atom is -0.351 e. The lowest BCUT2D eigenvalue weighted by Gasteiger charge is -2.23. The molecule has 0 spiro atoms. The highest BCUT2D eigenvalue weighted by Gasteiger charge is 2.30. The van der Waals surface area contributed by atoms with Gasteiger partial charge in [-0.15, -0.1) is 0 Å². The average Bonchev–Trinajstić information content (AvgIpc) is 2.74. The van der Waals surface area contributed by atoms with Crippen LogP contribution in [0.1, 0.15) is 41.3 Å². The van der Waals surface area contributed by atoms with Gasteiger partial charge in [-0.1, -0.05) is 73.7 Å². The van der Waals surface area contributed by atoms with Crippen molar-refractivity contribution in [3.8, 4) is 0 Å². The molecule has 0 unspecified atom stereocenters. The number of amides is 3. The first-order chi connectivity index (χ1) is 14.5. The molecule has 0 fully saturated rings. The van der Waals surface area contributed by atoms with E-state index in [9.17, 15) is 14.0 Å². The van der Waals surface area contributed by atoms with Crippen LogP contribution in [0.25, 0.3) is 0 Å². The number of nitrogens with two attached hydrogens (primary N) is 2. The third kappa shape index (κ3) is 5.30. The van der Waals surface area contributed by atoms with Crippen molar-refractivity contribution in [1.29, 1.82) is 0 Å². The van der Waals surface area contributed by atoms with Gasteiger partial charge in [0.2, 0.25) is 0 Å². The summed E-state index contributed by atoms with van der Waals surface area (Å²) in [4.78, 5) is 24.1. The fraction of sp³-hybridized carbons (Fsp3) is 0.167. The van der Waals surface area contributed by atoms with Gasteiger partial charge in [-0.25, -0.2) is 9.18 Å². The van der Waals surface area contributed by atoms with Crippen LogP contribution in [0.5, 0.6) is 0 Å². The van der Waals surface area contributed by atoms with Crippen molar-refractivity contribution in [1.82, 2.24) is 5.32 Å². The Labute approximate surface area is 175 Å². The summed E-state index contributed by atoms with van der Waals surface area (Å²) in [5.41, 5.74) is 8.71. The molecule has 0 bridgehead atoms.